The molecule has 0 amide bonds. The summed E-state index contributed by atoms with van der Waals surface area (Å²) >= 11 is 5.82. The second kappa shape index (κ2) is 8.79. The van der Waals surface area contributed by atoms with Crippen molar-refractivity contribution >= 4 is 17.3 Å². The highest BCUT2D eigenvalue weighted by molar-refractivity contribution is 7.80. The third-order valence-corrected chi connectivity index (χ3v) is 6.60. The van der Waals surface area contributed by atoms with Gasteiger partial charge in [0.05, 0.1) is 17.8 Å². The van der Waals surface area contributed by atoms with Gasteiger partial charge < -0.3 is 14.8 Å². The number of halogens is 1. The van der Waals surface area contributed by atoms with Gasteiger partial charge in [0, 0.05) is 29.8 Å². The van der Waals surface area contributed by atoms with Crippen LogP contribution in [0.25, 0.3) is 5.69 Å². The first-order valence-corrected chi connectivity index (χ1v) is 11.4. The summed E-state index contributed by atoms with van der Waals surface area (Å²) in [4.78, 5) is 6.87. The predicted molar refractivity (Wildman–Crippen MR) is 133 cm³/mol. The van der Waals surface area contributed by atoms with Gasteiger partial charge in [-0.25, -0.2) is 4.39 Å². The van der Waals surface area contributed by atoms with Gasteiger partial charge >= 0.3 is 0 Å². The van der Waals surface area contributed by atoms with Gasteiger partial charge in [-0.2, -0.15) is 0 Å². The molecule has 1 aliphatic rings. The Labute approximate surface area is 198 Å². The largest absolute Gasteiger partial charge is 0.352 e. The maximum absolute atomic E-state index is 14.0. The van der Waals surface area contributed by atoms with Crippen LogP contribution < -0.4 is 5.32 Å². The third kappa shape index (κ3) is 4.02. The fourth-order valence-electron chi connectivity index (χ4n) is 4.79. The average Bonchev–Trinajstić information content (AvgIpc) is 3.30. The van der Waals surface area contributed by atoms with E-state index in [-0.39, 0.29) is 17.9 Å². The lowest BCUT2D eigenvalue weighted by Gasteiger charge is -2.28. The molecule has 33 heavy (non-hydrogen) atoms. The summed E-state index contributed by atoms with van der Waals surface area (Å²) in [6.07, 6.45) is 1.81. The Hall–Kier alpha value is -3.51. The van der Waals surface area contributed by atoms with Crippen molar-refractivity contribution in [1.29, 1.82) is 0 Å². The molecular formula is C27H25FN4S. The minimum Gasteiger partial charge on any atom is -0.352 e. The quantitative estimate of drug-likeness (QED) is 0.385. The van der Waals surface area contributed by atoms with Crippen molar-refractivity contribution in [3.8, 4) is 5.69 Å². The van der Waals surface area contributed by atoms with Crippen LogP contribution in [0.15, 0.2) is 85.1 Å². The normalized spacial score (nSPS) is 17.9. The summed E-state index contributed by atoms with van der Waals surface area (Å²) < 4.78 is 16.1. The van der Waals surface area contributed by atoms with Crippen molar-refractivity contribution in [2.75, 3.05) is 0 Å². The summed E-state index contributed by atoms with van der Waals surface area (Å²) in [6, 6.07) is 25.0. The van der Waals surface area contributed by atoms with Crippen LogP contribution in [0.4, 0.5) is 4.39 Å². The molecule has 0 bridgehead atoms. The molecule has 1 saturated heterocycles. The molecule has 0 radical (unpaired) electrons. The van der Waals surface area contributed by atoms with Crippen molar-refractivity contribution in [3.63, 3.8) is 0 Å². The molecule has 2 aromatic carbocycles. The fraction of sp³-hybridized carbons (Fsp3) is 0.185. The second-order valence-corrected chi connectivity index (χ2v) is 8.77. The molecule has 2 aromatic heterocycles. The highest BCUT2D eigenvalue weighted by Crippen LogP contribution is 2.42. The lowest BCUT2D eigenvalue weighted by molar-refractivity contribution is 0.310. The van der Waals surface area contributed by atoms with Crippen LogP contribution in [0.5, 0.6) is 0 Å². The number of hydrogen-bond acceptors (Lipinski definition) is 2. The van der Waals surface area contributed by atoms with E-state index in [1.54, 1.807) is 12.1 Å². The van der Waals surface area contributed by atoms with E-state index in [4.69, 9.17) is 12.2 Å². The van der Waals surface area contributed by atoms with Crippen molar-refractivity contribution in [2.24, 2.45) is 0 Å². The first-order valence-electron chi connectivity index (χ1n) is 11.0. The van der Waals surface area contributed by atoms with E-state index in [1.807, 2.05) is 48.7 Å². The van der Waals surface area contributed by atoms with Gasteiger partial charge in [-0.15, -0.1) is 0 Å². The number of rotatable bonds is 5. The molecule has 166 valence electrons. The predicted octanol–water partition coefficient (Wildman–Crippen LogP) is 5.80. The molecule has 1 fully saturated rings. The highest BCUT2D eigenvalue weighted by Gasteiger charge is 2.41. The van der Waals surface area contributed by atoms with E-state index < -0.39 is 0 Å². The zero-order valence-electron chi connectivity index (χ0n) is 18.6. The number of nitrogens with zero attached hydrogens (tertiary/aromatic N) is 3. The van der Waals surface area contributed by atoms with Crippen molar-refractivity contribution < 1.29 is 4.39 Å². The Morgan fingerprint density at radius 3 is 2.48 bits per heavy atom. The molecule has 4 aromatic rings. The third-order valence-electron chi connectivity index (χ3n) is 6.25. The minimum absolute atomic E-state index is 0.0545. The van der Waals surface area contributed by atoms with Crippen LogP contribution in [0.3, 0.4) is 0 Å². The van der Waals surface area contributed by atoms with Crippen LogP contribution in [0.2, 0.25) is 0 Å². The zero-order chi connectivity index (χ0) is 22.9. The van der Waals surface area contributed by atoms with Crippen molar-refractivity contribution in [3.05, 3.63) is 119 Å². The Bertz CT molecular complexity index is 1290. The summed E-state index contributed by atoms with van der Waals surface area (Å²) in [5.74, 6) is -0.248. The zero-order valence-corrected chi connectivity index (χ0v) is 19.4. The number of aryl methyl sites for hydroxylation is 1. The molecule has 0 saturated carbocycles. The molecule has 1 N–H and O–H groups in total. The molecule has 4 nitrogen and oxygen atoms in total. The van der Waals surface area contributed by atoms with Crippen LogP contribution in [-0.2, 0) is 6.54 Å². The molecular weight excluding hydrogens is 431 g/mol. The fourth-order valence-corrected chi connectivity index (χ4v) is 5.10. The van der Waals surface area contributed by atoms with E-state index >= 15 is 0 Å². The number of benzene rings is 2. The van der Waals surface area contributed by atoms with Crippen molar-refractivity contribution in [2.45, 2.75) is 32.5 Å². The van der Waals surface area contributed by atoms with Crippen molar-refractivity contribution in [1.82, 2.24) is 19.8 Å². The molecule has 3 heterocycles. The average molecular weight is 457 g/mol. The summed E-state index contributed by atoms with van der Waals surface area (Å²) in [7, 11) is 0. The van der Waals surface area contributed by atoms with E-state index in [2.05, 4.69) is 51.8 Å². The number of nitrogens with one attached hydrogen (secondary N) is 1. The maximum Gasteiger partial charge on any atom is 0.170 e. The molecule has 1 aliphatic heterocycles. The van der Waals surface area contributed by atoms with Gasteiger partial charge in [0.25, 0.3) is 0 Å². The van der Waals surface area contributed by atoms with Crippen LogP contribution >= 0.6 is 12.2 Å². The van der Waals surface area contributed by atoms with Gasteiger partial charge in [0.2, 0.25) is 0 Å². The lowest BCUT2D eigenvalue weighted by atomic mass is 9.96. The Morgan fingerprint density at radius 1 is 0.970 bits per heavy atom. The van der Waals surface area contributed by atoms with Crippen LogP contribution in [0, 0.1) is 19.7 Å². The standard InChI is InChI=1S/C27H25FN4S/c1-18-15-23(19(2)32(18)22-12-8-11-21(28)16-22)26-25(24-13-6-7-14-29-24)30-27(33)31(26)17-20-9-4-3-5-10-20/h3-16,25-26H,17H2,1-2H3,(H,30,33)/t25-,26-/m1/s1. The van der Waals surface area contributed by atoms with Crippen LogP contribution in [0.1, 0.15) is 40.3 Å². The molecule has 5 rings (SSSR count). The smallest absolute Gasteiger partial charge is 0.170 e. The van der Waals surface area contributed by atoms with Gasteiger partial charge in [-0.3, -0.25) is 4.98 Å². The van der Waals surface area contributed by atoms with E-state index in [9.17, 15) is 4.39 Å². The topological polar surface area (TPSA) is 33.1 Å². The number of hydrogen-bond donors (Lipinski definition) is 1. The lowest BCUT2D eigenvalue weighted by Crippen LogP contribution is -2.29. The molecule has 6 heteroatoms. The number of pyridine rings is 1. The molecule has 0 aliphatic carbocycles. The van der Waals surface area contributed by atoms with Gasteiger partial charge in [0.1, 0.15) is 5.82 Å². The Balaban J connectivity index is 1.62. The van der Waals surface area contributed by atoms with Gasteiger partial charge in [-0.1, -0.05) is 42.5 Å². The molecule has 2 atom stereocenters. The minimum atomic E-state index is -0.248. The SMILES string of the molecule is Cc1cc([C@@H]2[C@@H](c3ccccn3)NC(=S)N2Cc2ccccc2)c(C)n1-c1cccc(F)c1. The first-order chi connectivity index (χ1) is 16.0. The first kappa shape index (κ1) is 21.3. The van der Waals surface area contributed by atoms with E-state index in [1.165, 1.54) is 11.6 Å². The second-order valence-electron chi connectivity index (χ2n) is 8.38. The maximum atomic E-state index is 14.0. The number of thiocarbonyl (C=S) groups is 1. The summed E-state index contributed by atoms with van der Waals surface area (Å²) in [6.45, 7) is 4.83. The van der Waals surface area contributed by atoms with Gasteiger partial charge in [0.15, 0.2) is 5.11 Å². The monoisotopic (exact) mass is 456 g/mol. The molecule has 0 unspecified atom stereocenters. The van der Waals surface area contributed by atoms with E-state index in [0.717, 1.165) is 28.3 Å². The highest BCUT2D eigenvalue weighted by atomic mass is 32.1. The van der Waals surface area contributed by atoms with Gasteiger partial charge in [-0.05, 0) is 73.6 Å². The Kier molecular flexibility index (Phi) is 5.68. The summed E-state index contributed by atoms with van der Waals surface area (Å²) in [5, 5.41) is 4.22. The Morgan fingerprint density at radius 2 is 1.76 bits per heavy atom. The van der Waals surface area contributed by atoms with E-state index in [0.29, 0.717) is 11.7 Å². The summed E-state index contributed by atoms with van der Waals surface area (Å²) in [5.41, 5.74) is 6.20. The van der Waals surface area contributed by atoms with Crippen LogP contribution in [-0.4, -0.2) is 19.6 Å². The number of aromatic nitrogens is 2. The molecule has 0 spiro atoms.